The zero-order chi connectivity index (χ0) is 19.6. The maximum Gasteiger partial charge on any atom is 0.335 e. The number of hydrogen-bond donors (Lipinski definition) is 4. The van der Waals surface area contributed by atoms with Crippen molar-refractivity contribution in [1.82, 2.24) is 4.72 Å². The lowest BCUT2D eigenvalue weighted by Crippen LogP contribution is -2.37. The highest BCUT2D eigenvalue weighted by Crippen LogP contribution is 2.38. The van der Waals surface area contributed by atoms with Crippen LogP contribution in [0.2, 0.25) is 0 Å². The summed E-state index contributed by atoms with van der Waals surface area (Å²) in [5, 5.41) is 28.4. The van der Waals surface area contributed by atoms with Crippen LogP contribution in [0.4, 0.5) is 0 Å². The summed E-state index contributed by atoms with van der Waals surface area (Å²) < 4.78 is 27.7. The van der Waals surface area contributed by atoms with Crippen LogP contribution in [0.3, 0.4) is 0 Å². The van der Waals surface area contributed by atoms with Crippen molar-refractivity contribution in [3.05, 3.63) is 53.6 Å². The Hall–Kier alpha value is -2.58. The Labute approximate surface area is 157 Å². The molecule has 0 unspecified atom stereocenters. The van der Waals surface area contributed by atoms with E-state index in [1.807, 2.05) is 0 Å². The van der Waals surface area contributed by atoms with Crippen LogP contribution in [0.25, 0.3) is 0 Å². The summed E-state index contributed by atoms with van der Waals surface area (Å²) in [4.78, 5) is 11.0. The number of aromatic hydroxyl groups is 2. The lowest BCUT2D eigenvalue weighted by atomic mass is 9.81. The predicted octanol–water partition coefficient (Wildman–Crippen LogP) is 2.80. The Kier molecular flexibility index (Phi) is 5.38. The first-order valence-corrected chi connectivity index (χ1v) is 10.1. The minimum Gasteiger partial charge on any atom is -0.508 e. The average molecular weight is 391 g/mol. The predicted molar refractivity (Wildman–Crippen MR) is 98.5 cm³/mol. The second kappa shape index (κ2) is 7.58. The SMILES string of the molecule is O=C(O)c1cccc(S(=O)(=O)N[C@H]2CC[C@@H](c3ccc(O)cc3O)CC2)c1. The number of sulfonamides is 1. The molecule has 144 valence electrons. The second-order valence-corrected chi connectivity index (χ2v) is 8.46. The molecular formula is C19H21NO6S. The Morgan fingerprint density at radius 2 is 1.70 bits per heavy atom. The molecule has 0 amide bonds. The number of carboxylic acid groups (broad SMARTS) is 1. The van der Waals surface area contributed by atoms with Gasteiger partial charge >= 0.3 is 5.97 Å². The molecule has 2 aromatic carbocycles. The molecule has 27 heavy (non-hydrogen) atoms. The molecule has 0 aromatic heterocycles. The van der Waals surface area contributed by atoms with Crippen molar-refractivity contribution >= 4 is 16.0 Å². The van der Waals surface area contributed by atoms with Gasteiger partial charge in [-0.2, -0.15) is 0 Å². The van der Waals surface area contributed by atoms with Gasteiger partial charge in [0.2, 0.25) is 10.0 Å². The number of rotatable bonds is 5. The number of nitrogens with one attached hydrogen (secondary N) is 1. The van der Waals surface area contributed by atoms with Crippen LogP contribution in [0.1, 0.15) is 47.5 Å². The third-order valence-corrected chi connectivity index (χ3v) is 6.41. The number of carboxylic acids is 1. The topological polar surface area (TPSA) is 124 Å². The number of benzene rings is 2. The van der Waals surface area contributed by atoms with Gasteiger partial charge in [-0.1, -0.05) is 12.1 Å². The van der Waals surface area contributed by atoms with Gasteiger partial charge in [-0.15, -0.1) is 0 Å². The summed E-state index contributed by atoms with van der Waals surface area (Å²) in [7, 11) is -3.81. The maximum atomic E-state index is 12.5. The molecule has 0 bridgehead atoms. The third kappa shape index (κ3) is 4.40. The molecule has 7 nitrogen and oxygen atoms in total. The summed E-state index contributed by atoms with van der Waals surface area (Å²) in [5.41, 5.74) is 0.674. The number of aromatic carboxylic acids is 1. The Balaban J connectivity index is 1.66. The highest BCUT2D eigenvalue weighted by molar-refractivity contribution is 7.89. The molecule has 1 aliphatic carbocycles. The van der Waals surface area contributed by atoms with Crippen molar-refractivity contribution in [3.8, 4) is 11.5 Å². The molecule has 0 saturated heterocycles. The number of hydrogen-bond acceptors (Lipinski definition) is 5. The molecule has 4 N–H and O–H groups in total. The highest BCUT2D eigenvalue weighted by Gasteiger charge is 2.28. The van der Waals surface area contributed by atoms with Gasteiger partial charge in [0.05, 0.1) is 10.5 Å². The van der Waals surface area contributed by atoms with Crippen molar-refractivity contribution in [2.24, 2.45) is 0 Å². The molecule has 3 rings (SSSR count). The molecule has 2 aromatic rings. The zero-order valence-electron chi connectivity index (χ0n) is 14.5. The van der Waals surface area contributed by atoms with E-state index in [-0.39, 0.29) is 33.9 Å². The van der Waals surface area contributed by atoms with Crippen LogP contribution in [-0.2, 0) is 10.0 Å². The van der Waals surface area contributed by atoms with Crippen LogP contribution >= 0.6 is 0 Å². The van der Waals surface area contributed by atoms with E-state index < -0.39 is 16.0 Å². The van der Waals surface area contributed by atoms with Crippen molar-refractivity contribution in [3.63, 3.8) is 0 Å². The first-order chi connectivity index (χ1) is 12.8. The minimum atomic E-state index is -3.81. The average Bonchev–Trinajstić information content (AvgIpc) is 2.62. The monoisotopic (exact) mass is 391 g/mol. The summed E-state index contributed by atoms with van der Waals surface area (Å²) in [6, 6.07) is 9.54. The van der Waals surface area contributed by atoms with Crippen molar-refractivity contribution < 1.29 is 28.5 Å². The van der Waals surface area contributed by atoms with Crippen molar-refractivity contribution in [2.75, 3.05) is 0 Å². The standard InChI is InChI=1S/C19H21NO6S/c21-15-8-9-17(18(22)11-15)12-4-6-14(7-5-12)20-27(25,26)16-3-1-2-13(10-16)19(23)24/h1-3,8-12,14,20-22H,4-7H2,(H,23,24)/t12-,14+. The highest BCUT2D eigenvalue weighted by atomic mass is 32.2. The molecular weight excluding hydrogens is 370 g/mol. The van der Waals surface area contributed by atoms with Crippen LogP contribution < -0.4 is 4.72 Å². The molecule has 1 saturated carbocycles. The lowest BCUT2D eigenvalue weighted by Gasteiger charge is -2.29. The van der Waals surface area contributed by atoms with E-state index in [2.05, 4.69) is 4.72 Å². The fourth-order valence-corrected chi connectivity index (χ4v) is 4.83. The van der Waals surface area contributed by atoms with E-state index >= 15 is 0 Å². The zero-order valence-corrected chi connectivity index (χ0v) is 15.3. The van der Waals surface area contributed by atoms with E-state index in [1.165, 1.54) is 30.3 Å². The summed E-state index contributed by atoms with van der Waals surface area (Å²) >= 11 is 0. The molecule has 0 heterocycles. The van der Waals surface area contributed by atoms with Gasteiger partial charge in [0, 0.05) is 12.1 Å². The molecule has 0 atom stereocenters. The van der Waals surface area contributed by atoms with E-state index in [1.54, 1.807) is 6.07 Å². The molecule has 0 radical (unpaired) electrons. The molecule has 1 fully saturated rings. The second-order valence-electron chi connectivity index (χ2n) is 6.75. The summed E-state index contributed by atoms with van der Waals surface area (Å²) in [6.07, 6.45) is 2.59. The quantitative estimate of drug-likeness (QED) is 0.621. The third-order valence-electron chi connectivity index (χ3n) is 4.89. The lowest BCUT2D eigenvalue weighted by molar-refractivity contribution is 0.0696. The fraction of sp³-hybridized carbons (Fsp3) is 0.316. The molecule has 8 heteroatoms. The van der Waals surface area contributed by atoms with Gasteiger partial charge in [-0.3, -0.25) is 0 Å². The summed E-state index contributed by atoms with van der Waals surface area (Å²) in [5.74, 6) is -1.03. The largest absolute Gasteiger partial charge is 0.508 e. The van der Waals surface area contributed by atoms with Gasteiger partial charge in [0.15, 0.2) is 0 Å². The van der Waals surface area contributed by atoms with E-state index in [9.17, 15) is 23.4 Å². The molecule has 0 spiro atoms. The van der Waals surface area contributed by atoms with E-state index in [4.69, 9.17) is 5.11 Å². The van der Waals surface area contributed by atoms with Gasteiger partial charge in [0.1, 0.15) is 11.5 Å². The minimum absolute atomic E-state index is 0.00119. The van der Waals surface area contributed by atoms with Gasteiger partial charge < -0.3 is 15.3 Å². The van der Waals surface area contributed by atoms with Gasteiger partial charge in [0.25, 0.3) is 0 Å². The fourth-order valence-electron chi connectivity index (χ4n) is 3.48. The smallest absolute Gasteiger partial charge is 0.335 e. The number of phenols is 2. The number of phenolic OH excluding ortho intramolecular Hbond substituents is 2. The molecule has 0 aliphatic heterocycles. The Bertz CT molecular complexity index is 948. The Morgan fingerprint density at radius 3 is 2.33 bits per heavy atom. The normalized spacial score (nSPS) is 20.3. The van der Waals surface area contributed by atoms with Gasteiger partial charge in [-0.25, -0.2) is 17.9 Å². The summed E-state index contributed by atoms with van der Waals surface area (Å²) in [6.45, 7) is 0. The first-order valence-electron chi connectivity index (χ1n) is 8.64. The number of carbonyl (C=O) groups is 1. The maximum absolute atomic E-state index is 12.5. The van der Waals surface area contributed by atoms with Crippen LogP contribution in [0, 0.1) is 0 Å². The van der Waals surface area contributed by atoms with E-state index in [0.717, 1.165) is 11.6 Å². The van der Waals surface area contributed by atoms with Crippen LogP contribution in [0.5, 0.6) is 11.5 Å². The van der Waals surface area contributed by atoms with Gasteiger partial charge in [-0.05, 0) is 61.4 Å². The van der Waals surface area contributed by atoms with Crippen LogP contribution in [0.15, 0.2) is 47.4 Å². The van der Waals surface area contributed by atoms with E-state index in [0.29, 0.717) is 25.7 Å². The Morgan fingerprint density at radius 1 is 1.00 bits per heavy atom. The van der Waals surface area contributed by atoms with Crippen LogP contribution in [-0.4, -0.2) is 35.7 Å². The molecule has 1 aliphatic rings. The van der Waals surface area contributed by atoms with Crippen molar-refractivity contribution in [1.29, 1.82) is 0 Å². The first kappa shape index (κ1) is 19.2. The van der Waals surface area contributed by atoms with Crippen molar-refractivity contribution in [2.45, 2.75) is 42.5 Å².